The first-order valence-electron chi connectivity index (χ1n) is 3.42. The molecule has 0 bridgehead atoms. The first-order valence-corrected chi connectivity index (χ1v) is 3.42. The minimum absolute atomic E-state index is 0.0671. The maximum atomic E-state index is 10.5. The van der Waals surface area contributed by atoms with Crippen molar-refractivity contribution in [3.63, 3.8) is 0 Å². The van der Waals surface area contributed by atoms with Gasteiger partial charge in [-0.2, -0.15) is 5.10 Å². The van der Waals surface area contributed by atoms with Crippen molar-refractivity contribution in [2.24, 2.45) is 0 Å². The lowest BCUT2D eigenvalue weighted by Gasteiger charge is -2.15. The van der Waals surface area contributed by atoms with Gasteiger partial charge in [0, 0.05) is 5.56 Å². The van der Waals surface area contributed by atoms with Crippen LogP contribution in [0.5, 0.6) is 0 Å². The number of aromatic carboxylic acids is 1. The molecular formula is C7H10N2O3. The lowest BCUT2D eigenvalue weighted by Crippen LogP contribution is -2.18. The van der Waals surface area contributed by atoms with Crippen molar-refractivity contribution in [1.82, 2.24) is 10.2 Å². The van der Waals surface area contributed by atoms with Gasteiger partial charge < -0.3 is 10.2 Å². The summed E-state index contributed by atoms with van der Waals surface area (Å²) in [5.41, 5.74) is -0.960. The number of carboxylic acids is 1. The Morgan fingerprint density at radius 1 is 1.67 bits per heavy atom. The Balaban J connectivity index is 3.17. The van der Waals surface area contributed by atoms with E-state index < -0.39 is 11.6 Å². The lowest BCUT2D eigenvalue weighted by molar-refractivity contribution is 0.0625. The average molecular weight is 170 g/mol. The minimum Gasteiger partial charge on any atom is -0.477 e. The molecule has 0 atom stereocenters. The summed E-state index contributed by atoms with van der Waals surface area (Å²) in [5.74, 6) is -1.12. The van der Waals surface area contributed by atoms with E-state index in [4.69, 9.17) is 5.11 Å². The van der Waals surface area contributed by atoms with E-state index in [1.54, 1.807) is 0 Å². The topological polar surface area (TPSA) is 86.2 Å². The molecule has 12 heavy (non-hydrogen) atoms. The molecule has 3 N–H and O–H groups in total. The molecule has 0 radical (unpaired) electrons. The lowest BCUT2D eigenvalue weighted by atomic mass is 9.99. The summed E-state index contributed by atoms with van der Waals surface area (Å²) < 4.78 is 0. The van der Waals surface area contributed by atoms with Gasteiger partial charge in [0.15, 0.2) is 0 Å². The maximum Gasteiger partial charge on any atom is 0.354 e. The fourth-order valence-corrected chi connectivity index (χ4v) is 0.913. The number of hydrogen-bond donors (Lipinski definition) is 3. The molecule has 1 aromatic rings. The summed E-state index contributed by atoms with van der Waals surface area (Å²) >= 11 is 0. The third kappa shape index (κ3) is 1.45. The van der Waals surface area contributed by atoms with E-state index in [9.17, 15) is 9.90 Å². The number of carboxylic acid groups (broad SMARTS) is 1. The van der Waals surface area contributed by atoms with E-state index in [2.05, 4.69) is 10.2 Å². The molecule has 5 nitrogen and oxygen atoms in total. The molecule has 0 spiro atoms. The standard InChI is InChI=1S/C7H10N2O3/c1-7(2,12)4-3-8-9-5(4)6(10)11/h3,12H,1-2H3,(H,8,9)(H,10,11). The van der Waals surface area contributed by atoms with E-state index in [0.29, 0.717) is 0 Å². The van der Waals surface area contributed by atoms with Crippen LogP contribution in [0.3, 0.4) is 0 Å². The van der Waals surface area contributed by atoms with Gasteiger partial charge in [-0.1, -0.05) is 0 Å². The fraction of sp³-hybridized carbons (Fsp3) is 0.429. The summed E-state index contributed by atoms with van der Waals surface area (Å²) in [5, 5.41) is 24.0. The summed E-state index contributed by atoms with van der Waals surface area (Å²) in [6.45, 7) is 3.01. The Labute approximate surface area is 69.0 Å². The zero-order valence-corrected chi connectivity index (χ0v) is 6.83. The van der Waals surface area contributed by atoms with Crippen molar-refractivity contribution < 1.29 is 15.0 Å². The molecule has 0 amide bonds. The highest BCUT2D eigenvalue weighted by atomic mass is 16.4. The molecule has 0 fully saturated rings. The summed E-state index contributed by atoms with van der Waals surface area (Å²) in [7, 11) is 0. The highest BCUT2D eigenvalue weighted by Crippen LogP contribution is 2.21. The number of nitrogens with zero attached hydrogens (tertiary/aromatic N) is 1. The van der Waals surface area contributed by atoms with Crippen LogP contribution in [0.1, 0.15) is 29.9 Å². The molecule has 66 valence electrons. The molecular weight excluding hydrogens is 160 g/mol. The van der Waals surface area contributed by atoms with Gasteiger partial charge in [0.1, 0.15) is 5.69 Å². The molecule has 0 saturated heterocycles. The normalized spacial score (nSPS) is 11.6. The molecule has 0 aromatic carbocycles. The van der Waals surface area contributed by atoms with Crippen LogP contribution in [-0.2, 0) is 5.60 Å². The van der Waals surface area contributed by atoms with Crippen molar-refractivity contribution in [3.05, 3.63) is 17.5 Å². The van der Waals surface area contributed by atoms with Gasteiger partial charge in [0.25, 0.3) is 0 Å². The van der Waals surface area contributed by atoms with Crippen LogP contribution in [0.2, 0.25) is 0 Å². The summed E-state index contributed by atoms with van der Waals surface area (Å²) in [6, 6.07) is 0. The monoisotopic (exact) mass is 170 g/mol. The second-order valence-electron chi connectivity index (χ2n) is 3.02. The average Bonchev–Trinajstić information content (AvgIpc) is 2.30. The number of aliphatic hydroxyl groups is 1. The molecule has 0 aliphatic rings. The van der Waals surface area contributed by atoms with Crippen molar-refractivity contribution in [3.8, 4) is 0 Å². The van der Waals surface area contributed by atoms with E-state index in [-0.39, 0.29) is 11.3 Å². The van der Waals surface area contributed by atoms with Crippen LogP contribution in [0.4, 0.5) is 0 Å². The number of H-pyrrole nitrogens is 1. The van der Waals surface area contributed by atoms with Crippen molar-refractivity contribution >= 4 is 5.97 Å². The van der Waals surface area contributed by atoms with Crippen molar-refractivity contribution in [1.29, 1.82) is 0 Å². The molecule has 1 rings (SSSR count). The van der Waals surface area contributed by atoms with Gasteiger partial charge in [-0.05, 0) is 13.8 Å². The van der Waals surface area contributed by atoms with Crippen LogP contribution in [0, 0.1) is 0 Å². The van der Waals surface area contributed by atoms with Crippen LogP contribution in [0.25, 0.3) is 0 Å². The van der Waals surface area contributed by atoms with Crippen LogP contribution < -0.4 is 0 Å². The Bertz CT molecular complexity index is 298. The Hall–Kier alpha value is -1.36. The summed E-state index contributed by atoms with van der Waals surface area (Å²) in [4.78, 5) is 10.5. The maximum absolute atomic E-state index is 10.5. The number of nitrogens with one attached hydrogen (secondary N) is 1. The Kier molecular flexibility index (Phi) is 1.89. The van der Waals surface area contributed by atoms with Gasteiger partial charge in [0.2, 0.25) is 0 Å². The van der Waals surface area contributed by atoms with Crippen molar-refractivity contribution in [2.75, 3.05) is 0 Å². The number of carbonyl (C=O) groups is 1. The summed E-state index contributed by atoms with van der Waals surface area (Å²) in [6.07, 6.45) is 1.31. The van der Waals surface area contributed by atoms with Crippen LogP contribution in [-0.4, -0.2) is 26.4 Å². The third-order valence-electron chi connectivity index (χ3n) is 1.51. The van der Waals surface area contributed by atoms with E-state index in [1.807, 2.05) is 0 Å². The van der Waals surface area contributed by atoms with Gasteiger partial charge in [-0.15, -0.1) is 0 Å². The SMILES string of the molecule is CC(C)(O)c1cn[nH]c1C(=O)O. The van der Waals surface area contributed by atoms with Crippen LogP contribution in [0.15, 0.2) is 6.20 Å². The molecule has 0 saturated carbocycles. The van der Waals surface area contributed by atoms with Crippen LogP contribution >= 0.6 is 0 Å². The molecule has 5 heteroatoms. The van der Waals surface area contributed by atoms with Gasteiger partial charge in [-0.25, -0.2) is 4.79 Å². The van der Waals surface area contributed by atoms with Gasteiger partial charge in [-0.3, -0.25) is 5.10 Å². The molecule has 1 aromatic heterocycles. The molecule has 0 aliphatic carbocycles. The first-order chi connectivity index (χ1) is 5.43. The zero-order chi connectivity index (χ0) is 9.35. The number of rotatable bonds is 2. The number of aromatic nitrogens is 2. The van der Waals surface area contributed by atoms with E-state index in [0.717, 1.165) is 0 Å². The number of hydrogen-bond acceptors (Lipinski definition) is 3. The fourth-order valence-electron chi connectivity index (χ4n) is 0.913. The smallest absolute Gasteiger partial charge is 0.354 e. The third-order valence-corrected chi connectivity index (χ3v) is 1.51. The predicted octanol–water partition coefficient (Wildman–Crippen LogP) is 0.335. The minimum atomic E-state index is -1.18. The molecule has 0 aliphatic heterocycles. The first kappa shape index (κ1) is 8.73. The highest BCUT2D eigenvalue weighted by Gasteiger charge is 2.24. The quantitative estimate of drug-likeness (QED) is 0.597. The second kappa shape index (κ2) is 2.60. The Morgan fingerprint density at radius 2 is 2.25 bits per heavy atom. The molecule has 0 unspecified atom stereocenters. The van der Waals surface area contributed by atoms with E-state index in [1.165, 1.54) is 20.0 Å². The second-order valence-corrected chi connectivity index (χ2v) is 3.02. The molecule has 1 heterocycles. The zero-order valence-electron chi connectivity index (χ0n) is 6.83. The van der Waals surface area contributed by atoms with Gasteiger partial charge in [0.05, 0.1) is 11.8 Å². The highest BCUT2D eigenvalue weighted by molar-refractivity contribution is 5.87. The van der Waals surface area contributed by atoms with E-state index >= 15 is 0 Å². The Morgan fingerprint density at radius 3 is 2.58 bits per heavy atom. The largest absolute Gasteiger partial charge is 0.477 e. The van der Waals surface area contributed by atoms with Gasteiger partial charge >= 0.3 is 5.97 Å². The van der Waals surface area contributed by atoms with Crippen molar-refractivity contribution in [2.45, 2.75) is 19.4 Å². The predicted molar refractivity (Wildman–Crippen MR) is 40.8 cm³/mol. The number of aromatic amines is 1.